The first-order valence-corrected chi connectivity index (χ1v) is 4.91. The molecule has 5 nitrogen and oxygen atoms in total. The molecule has 0 spiro atoms. The minimum atomic E-state index is 0.0936. The molecule has 15 heavy (non-hydrogen) atoms. The molecule has 3 rings (SSSR count). The Bertz CT molecular complexity index is 484. The third-order valence-electron chi connectivity index (χ3n) is 2.73. The second-order valence-electron chi connectivity index (χ2n) is 3.68. The molecular formula is C10H13N5. The lowest BCUT2D eigenvalue weighted by Gasteiger charge is -2.06. The zero-order valence-corrected chi connectivity index (χ0v) is 8.41. The van der Waals surface area contributed by atoms with Crippen LogP contribution >= 0.6 is 0 Å². The molecule has 78 valence electrons. The van der Waals surface area contributed by atoms with Crippen molar-refractivity contribution in [2.24, 2.45) is 7.05 Å². The van der Waals surface area contributed by atoms with Crippen LogP contribution in [0, 0.1) is 0 Å². The van der Waals surface area contributed by atoms with Gasteiger partial charge in [0.15, 0.2) is 0 Å². The van der Waals surface area contributed by atoms with Gasteiger partial charge >= 0.3 is 0 Å². The van der Waals surface area contributed by atoms with E-state index in [4.69, 9.17) is 0 Å². The first-order chi connectivity index (χ1) is 7.36. The number of hydrogen-bond acceptors (Lipinski definition) is 4. The van der Waals surface area contributed by atoms with Crippen LogP contribution in [0.2, 0.25) is 0 Å². The monoisotopic (exact) mass is 203 g/mol. The maximum atomic E-state index is 3.09. The van der Waals surface area contributed by atoms with Crippen molar-refractivity contribution in [3.63, 3.8) is 0 Å². The Labute approximate surface area is 87.4 Å². The van der Waals surface area contributed by atoms with Gasteiger partial charge in [0.2, 0.25) is 0 Å². The normalized spacial score (nSPS) is 17.7. The van der Waals surface area contributed by atoms with Gasteiger partial charge in [0.25, 0.3) is 0 Å². The van der Waals surface area contributed by atoms with Gasteiger partial charge in [0.1, 0.15) is 6.17 Å². The fourth-order valence-electron chi connectivity index (χ4n) is 2.01. The summed E-state index contributed by atoms with van der Waals surface area (Å²) in [6.45, 7) is 0. The molecule has 0 radical (unpaired) electrons. The molecule has 0 saturated carbocycles. The van der Waals surface area contributed by atoms with E-state index in [-0.39, 0.29) is 6.17 Å². The van der Waals surface area contributed by atoms with Crippen molar-refractivity contribution < 1.29 is 0 Å². The Morgan fingerprint density at radius 2 is 1.87 bits per heavy atom. The number of rotatable bonds is 1. The quantitative estimate of drug-likeness (QED) is 0.538. The minimum absolute atomic E-state index is 0.0936. The van der Waals surface area contributed by atoms with Gasteiger partial charge in [-0.1, -0.05) is 18.2 Å². The average molecular weight is 203 g/mol. The molecule has 1 fully saturated rings. The predicted molar refractivity (Wildman–Crippen MR) is 58.2 cm³/mol. The van der Waals surface area contributed by atoms with Crippen LogP contribution in [0.5, 0.6) is 0 Å². The lowest BCUT2D eigenvalue weighted by atomic mass is 10.1. The Morgan fingerprint density at radius 1 is 1.13 bits per heavy atom. The lowest BCUT2D eigenvalue weighted by molar-refractivity contribution is 0.556. The molecule has 1 saturated heterocycles. The summed E-state index contributed by atoms with van der Waals surface area (Å²) in [4.78, 5) is 0. The van der Waals surface area contributed by atoms with Gasteiger partial charge in [-0.3, -0.25) is 0 Å². The van der Waals surface area contributed by atoms with E-state index in [1.165, 1.54) is 16.5 Å². The van der Waals surface area contributed by atoms with Gasteiger partial charge in [-0.25, -0.2) is 10.9 Å². The SMILES string of the molecule is Cn1cc(C2NNNN2)c2ccccc21. The summed E-state index contributed by atoms with van der Waals surface area (Å²) in [6.07, 6.45) is 2.22. The second-order valence-corrected chi connectivity index (χ2v) is 3.68. The number of hydrogen-bond donors (Lipinski definition) is 4. The third-order valence-corrected chi connectivity index (χ3v) is 2.73. The van der Waals surface area contributed by atoms with E-state index in [9.17, 15) is 0 Å². The summed E-state index contributed by atoms with van der Waals surface area (Å²) in [7, 11) is 2.06. The Balaban J connectivity index is 2.17. The number of aryl methyl sites for hydroxylation is 1. The number of para-hydroxylation sites is 1. The lowest BCUT2D eigenvalue weighted by Crippen LogP contribution is -2.33. The molecule has 0 amide bonds. The highest BCUT2D eigenvalue weighted by Crippen LogP contribution is 2.24. The number of aromatic nitrogens is 1. The standard InChI is InChI=1S/C10H13N5/c1-15-6-8(10-11-13-14-12-10)7-4-2-3-5-9(7)15/h2-6,10-14H,1H3. The molecule has 4 N–H and O–H groups in total. The van der Waals surface area contributed by atoms with E-state index < -0.39 is 0 Å². The molecule has 2 heterocycles. The number of nitrogens with one attached hydrogen (secondary N) is 4. The van der Waals surface area contributed by atoms with Crippen molar-refractivity contribution in [1.82, 2.24) is 26.5 Å². The zero-order valence-electron chi connectivity index (χ0n) is 8.41. The number of hydrazine groups is 3. The number of fused-ring (bicyclic) bond motifs is 1. The fraction of sp³-hybridized carbons (Fsp3) is 0.200. The highest BCUT2D eigenvalue weighted by Gasteiger charge is 2.18. The van der Waals surface area contributed by atoms with Gasteiger partial charge in [-0.2, -0.15) is 11.1 Å². The van der Waals surface area contributed by atoms with Gasteiger partial charge in [0, 0.05) is 29.7 Å². The molecule has 0 unspecified atom stereocenters. The Kier molecular flexibility index (Phi) is 1.96. The minimum Gasteiger partial charge on any atom is -0.350 e. The number of benzene rings is 1. The largest absolute Gasteiger partial charge is 0.350 e. The van der Waals surface area contributed by atoms with Crippen molar-refractivity contribution in [2.75, 3.05) is 0 Å². The highest BCUT2D eigenvalue weighted by atomic mass is 15.8. The third kappa shape index (κ3) is 1.33. The van der Waals surface area contributed by atoms with Crippen molar-refractivity contribution in [1.29, 1.82) is 0 Å². The van der Waals surface area contributed by atoms with Crippen molar-refractivity contribution in [3.8, 4) is 0 Å². The van der Waals surface area contributed by atoms with Gasteiger partial charge < -0.3 is 4.57 Å². The number of nitrogens with zero attached hydrogens (tertiary/aromatic N) is 1. The fourth-order valence-corrected chi connectivity index (χ4v) is 2.01. The molecule has 1 aromatic carbocycles. The predicted octanol–water partition coefficient (Wildman–Crippen LogP) is 0.294. The van der Waals surface area contributed by atoms with E-state index in [1.54, 1.807) is 0 Å². The first kappa shape index (κ1) is 8.87. The van der Waals surface area contributed by atoms with Gasteiger partial charge in [-0.05, 0) is 6.07 Å². The maximum Gasteiger partial charge on any atom is 0.113 e. The van der Waals surface area contributed by atoms with Crippen LogP contribution in [0.15, 0.2) is 30.5 Å². The smallest absolute Gasteiger partial charge is 0.113 e. The van der Waals surface area contributed by atoms with E-state index in [0.29, 0.717) is 0 Å². The molecule has 0 atom stereocenters. The van der Waals surface area contributed by atoms with Crippen LogP contribution in [0.4, 0.5) is 0 Å². The van der Waals surface area contributed by atoms with E-state index in [0.717, 1.165) is 0 Å². The molecule has 5 heteroatoms. The Hall–Kier alpha value is -1.40. The van der Waals surface area contributed by atoms with Crippen molar-refractivity contribution >= 4 is 10.9 Å². The topological polar surface area (TPSA) is 53.1 Å². The molecule has 1 aromatic heterocycles. The van der Waals surface area contributed by atoms with E-state index in [2.05, 4.69) is 64.0 Å². The molecule has 0 aliphatic carbocycles. The molecule has 1 aliphatic heterocycles. The van der Waals surface area contributed by atoms with E-state index >= 15 is 0 Å². The summed E-state index contributed by atoms with van der Waals surface area (Å²) < 4.78 is 2.13. The molecule has 1 aliphatic rings. The zero-order chi connectivity index (χ0) is 10.3. The van der Waals surface area contributed by atoms with E-state index in [1.807, 2.05) is 0 Å². The van der Waals surface area contributed by atoms with Crippen LogP contribution < -0.4 is 21.9 Å². The summed E-state index contributed by atoms with van der Waals surface area (Å²) >= 11 is 0. The van der Waals surface area contributed by atoms with Crippen molar-refractivity contribution in [2.45, 2.75) is 6.17 Å². The second kappa shape index (κ2) is 3.32. The van der Waals surface area contributed by atoms with Gasteiger partial charge in [0.05, 0.1) is 0 Å². The summed E-state index contributed by atoms with van der Waals surface area (Å²) in [5.41, 5.74) is 14.3. The van der Waals surface area contributed by atoms with Crippen molar-refractivity contribution in [3.05, 3.63) is 36.0 Å². The van der Waals surface area contributed by atoms with Crippen LogP contribution in [-0.4, -0.2) is 4.57 Å². The van der Waals surface area contributed by atoms with Crippen LogP contribution in [-0.2, 0) is 7.05 Å². The average Bonchev–Trinajstić information content (AvgIpc) is 2.87. The summed E-state index contributed by atoms with van der Waals surface area (Å²) in [5.74, 6) is 0. The van der Waals surface area contributed by atoms with Crippen LogP contribution in [0.25, 0.3) is 10.9 Å². The Morgan fingerprint density at radius 3 is 2.67 bits per heavy atom. The summed E-state index contributed by atoms with van der Waals surface area (Å²) in [5, 5.41) is 1.26. The highest BCUT2D eigenvalue weighted by molar-refractivity contribution is 5.84. The first-order valence-electron chi connectivity index (χ1n) is 4.91. The molecule has 2 aromatic rings. The maximum absolute atomic E-state index is 3.09. The summed E-state index contributed by atoms with van der Waals surface area (Å²) in [6, 6.07) is 8.36. The van der Waals surface area contributed by atoms with Gasteiger partial charge in [-0.15, -0.1) is 0 Å². The van der Waals surface area contributed by atoms with Crippen LogP contribution in [0.1, 0.15) is 11.7 Å². The molecular weight excluding hydrogens is 190 g/mol. The van der Waals surface area contributed by atoms with Crippen LogP contribution in [0.3, 0.4) is 0 Å². The molecule has 0 bridgehead atoms.